The van der Waals surface area contributed by atoms with Crippen LogP contribution in [0.25, 0.3) is 0 Å². The van der Waals surface area contributed by atoms with E-state index < -0.39 is 11.6 Å². The van der Waals surface area contributed by atoms with Crippen LogP contribution in [0, 0.1) is 11.6 Å². The van der Waals surface area contributed by atoms with E-state index in [9.17, 15) is 8.78 Å². The lowest BCUT2D eigenvalue weighted by atomic mass is 10.2. The van der Waals surface area contributed by atoms with Crippen molar-refractivity contribution in [1.29, 1.82) is 0 Å². The highest BCUT2D eigenvalue weighted by Gasteiger charge is 2.03. The minimum absolute atomic E-state index is 0.128. The maximum atomic E-state index is 13.0. The Labute approximate surface area is 124 Å². The number of halogens is 4. The molecule has 2 aromatic rings. The Balaban J connectivity index is 1.92. The van der Waals surface area contributed by atoms with Crippen molar-refractivity contribution in [2.75, 3.05) is 0 Å². The summed E-state index contributed by atoms with van der Waals surface area (Å²) in [6, 6.07) is 9.33. The minimum Gasteiger partial charge on any atom is -0.205 e. The second-order valence-electron chi connectivity index (χ2n) is 3.99. The van der Waals surface area contributed by atoms with Crippen molar-refractivity contribution in [2.45, 2.75) is 11.5 Å². The third-order valence-electron chi connectivity index (χ3n) is 2.51. The molecule has 0 aromatic heterocycles. The van der Waals surface area contributed by atoms with Crippen LogP contribution in [0.3, 0.4) is 0 Å². The van der Waals surface area contributed by atoms with Crippen LogP contribution in [0.1, 0.15) is 11.1 Å². The first-order chi connectivity index (χ1) is 9.06. The fourth-order valence-electron chi connectivity index (χ4n) is 1.55. The summed E-state index contributed by atoms with van der Waals surface area (Å²) in [4.78, 5) is 0. The Morgan fingerprint density at radius 2 is 1.21 bits per heavy atom. The molecule has 5 heteroatoms. The molecule has 0 aliphatic rings. The molecule has 0 saturated carbocycles. The smallest absolute Gasteiger partial charge is 0.141 e. The molecule has 0 bridgehead atoms. The number of rotatable bonds is 4. The van der Waals surface area contributed by atoms with E-state index in [0.29, 0.717) is 11.5 Å². The van der Waals surface area contributed by atoms with Crippen LogP contribution in [0.4, 0.5) is 8.78 Å². The fourth-order valence-corrected chi connectivity index (χ4v) is 2.88. The van der Waals surface area contributed by atoms with Gasteiger partial charge in [0.25, 0.3) is 0 Å². The number of thioether (sulfide) groups is 1. The molecule has 0 amide bonds. The van der Waals surface area contributed by atoms with Crippen LogP contribution >= 0.6 is 35.0 Å². The van der Waals surface area contributed by atoms with Gasteiger partial charge in [-0.3, -0.25) is 0 Å². The number of hydrogen-bond donors (Lipinski definition) is 0. The molecule has 0 atom stereocenters. The molecule has 0 aliphatic carbocycles. The van der Waals surface area contributed by atoms with Crippen LogP contribution in [0.15, 0.2) is 36.4 Å². The van der Waals surface area contributed by atoms with Crippen molar-refractivity contribution in [1.82, 2.24) is 0 Å². The lowest BCUT2D eigenvalue weighted by molar-refractivity contribution is 0.627. The quantitative estimate of drug-likeness (QED) is 0.696. The zero-order chi connectivity index (χ0) is 13.8. The molecule has 2 rings (SSSR count). The second-order valence-corrected chi connectivity index (χ2v) is 5.79. The first-order valence-corrected chi connectivity index (χ1v) is 7.43. The Bertz CT molecular complexity index is 536. The van der Waals surface area contributed by atoms with Gasteiger partial charge in [0.15, 0.2) is 0 Å². The van der Waals surface area contributed by atoms with Gasteiger partial charge in [0, 0.05) is 11.5 Å². The Hall–Kier alpha value is -0.770. The zero-order valence-corrected chi connectivity index (χ0v) is 12.1. The minimum atomic E-state index is -0.416. The molecular weight excluding hydrogens is 309 g/mol. The van der Waals surface area contributed by atoms with Gasteiger partial charge >= 0.3 is 0 Å². The molecule has 0 unspecified atom stereocenters. The van der Waals surface area contributed by atoms with Crippen molar-refractivity contribution in [3.05, 3.63) is 69.2 Å². The molecule has 100 valence electrons. The Morgan fingerprint density at radius 3 is 1.58 bits per heavy atom. The largest absolute Gasteiger partial charge is 0.205 e. The molecule has 0 saturated heterocycles. The summed E-state index contributed by atoms with van der Waals surface area (Å²) in [6.07, 6.45) is 0. The first kappa shape index (κ1) is 14.6. The molecule has 0 spiro atoms. The SMILES string of the molecule is Fc1ccc(CSCc2ccc(F)c(Cl)c2)cc1Cl. The fraction of sp³-hybridized carbons (Fsp3) is 0.143. The van der Waals surface area contributed by atoms with E-state index >= 15 is 0 Å². The van der Waals surface area contributed by atoms with Gasteiger partial charge in [-0.05, 0) is 35.4 Å². The van der Waals surface area contributed by atoms with Crippen molar-refractivity contribution < 1.29 is 8.78 Å². The third kappa shape index (κ3) is 4.10. The van der Waals surface area contributed by atoms with Crippen molar-refractivity contribution >= 4 is 35.0 Å². The molecule has 0 nitrogen and oxygen atoms in total. The van der Waals surface area contributed by atoms with Crippen LogP contribution < -0.4 is 0 Å². The van der Waals surface area contributed by atoms with Crippen molar-refractivity contribution in [3.63, 3.8) is 0 Å². The van der Waals surface area contributed by atoms with E-state index in [1.54, 1.807) is 36.0 Å². The van der Waals surface area contributed by atoms with Crippen LogP contribution in [0.2, 0.25) is 10.0 Å². The van der Waals surface area contributed by atoms with Gasteiger partial charge in [-0.25, -0.2) is 8.78 Å². The summed E-state index contributed by atoms with van der Waals surface area (Å²) in [5.74, 6) is 0.575. The molecule has 0 aliphatic heterocycles. The van der Waals surface area contributed by atoms with Crippen LogP contribution in [-0.2, 0) is 11.5 Å². The predicted octanol–water partition coefficient (Wildman–Crippen LogP) is 5.71. The maximum Gasteiger partial charge on any atom is 0.141 e. The summed E-state index contributed by atoms with van der Waals surface area (Å²) in [5, 5.41) is 0.255. The predicted molar refractivity (Wildman–Crippen MR) is 77.8 cm³/mol. The van der Waals surface area contributed by atoms with E-state index in [2.05, 4.69) is 0 Å². The summed E-state index contributed by atoms with van der Waals surface area (Å²) in [6.45, 7) is 0. The number of benzene rings is 2. The van der Waals surface area contributed by atoms with E-state index in [1.165, 1.54) is 12.1 Å². The lowest BCUT2D eigenvalue weighted by Gasteiger charge is -2.04. The Kier molecular flexibility index (Phi) is 5.08. The standard InChI is InChI=1S/C14H10Cl2F2S/c15-11-5-9(1-3-13(11)17)7-19-8-10-2-4-14(18)12(16)6-10/h1-6H,7-8H2. The van der Waals surface area contributed by atoms with Crippen molar-refractivity contribution in [2.24, 2.45) is 0 Å². The van der Waals surface area contributed by atoms with E-state index in [4.69, 9.17) is 23.2 Å². The lowest BCUT2D eigenvalue weighted by Crippen LogP contribution is -1.87. The van der Waals surface area contributed by atoms with Gasteiger partial charge in [0.2, 0.25) is 0 Å². The van der Waals surface area contributed by atoms with Crippen molar-refractivity contribution in [3.8, 4) is 0 Å². The molecule has 0 fully saturated rings. The zero-order valence-electron chi connectivity index (χ0n) is 9.80. The van der Waals surface area contributed by atoms with E-state index in [-0.39, 0.29) is 10.0 Å². The molecule has 0 heterocycles. The van der Waals surface area contributed by atoms with E-state index in [0.717, 1.165) is 11.1 Å². The highest BCUT2D eigenvalue weighted by molar-refractivity contribution is 7.97. The van der Waals surface area contributed by atoms with Crippen LogP contribution in [-0.4, -0.2) is 0 Å². The Morgan fingerprint density at radius 1 is 0.789 bits per heavy atom. The van der Waals surface area contributed by atoms with Gasteiger partial charge in [-0.1, -0.05) is 35.3 Å². The summed E-state index contributed by atoms with van der Waals surface area (Å²) >= 11 is 13.0. The number of hydrogen-bond acceptors (Lipinski definition) is 1. The van der Waals surface area contributed by atoms with E-state index in [1.807, 2.05) is 0 Å². The monoisotopic (exact) mass is 318 g/mol. The van der Waals surface area contributed by atoms with Gasteiger partial charge in [0.05, 0.1) is 10.0 Å². The van der Waals surface area contributed by atoms with Gasteiger partial charge in [-0.2, -0.15) is 11.8 Å². The topological polar surface area (TPSA) is 0 Å². The second kappa shape index (κ2) is 6.60. The highest BCUT2D eigenvalue weighted by Crippen LogP contribution is 2.24. The normalized spacial score (nSPS) is 10.7. The summed E-state index contributed by atoms with van der Waals surface area (Å²) < 4.78 is 26.0. The molecule has 0 radical (unpaired) electrons. The van der Waals surface area contributed by atoms with Crippen LogP contribution in [0.5, 0.6) is 0 Å². The van der Waals surface area contributed by atoms with Gasteiger partial charge < -0.3 is 0 Å². The first-order valence-electron chi connectivity index (χ1n) is 5.52. The molecule has 2 aromatic carbocycles. The third-order valence-corrected chi connectivity index (χ3v) is 4.16. The average Bonchev–Trinajstić information content (AvgIpc) is 2.38. The maximum absolute atomic E-state index is 13.0. The molecular formula is C14H10Cl2F2S. The molecule has 0 N–H and O–H groups in total. The summed E-state index contributed by atoms with van der Waals surface area (Å²) in [7, 11) is 0. The highest BCUT2D eigenvalue weighted by atomic mass is 35.5. The van der Waals surface area contributed by atoms with Gasteiger partial charge in [-0.15, -0.1) is 0 Å². The van der Waals surface area contributed by atoms with Gasteiger partial charge in [0.1, 0.15) is 11.6 Å². The average molecular weight is 319 g/mol. The summed E-state index contributed by atoms with van der Waals surface area (Å²) in [5.41, 5.74) is 1.90. The molecule has 19 heavy (non-hydrogen) atoms.